The van der Waals surface area contributed by atoms with Crippen LogP contribution in [-0.2, 0) is 16.0 Å². The topological polar surface area (TPSA) is 92.2 Å². The van der Waals surface area contributed by atoms with Crippen LogP contribution >= 0.6 is 0 Å². The second kappa shape index (κ2) is 9.52. The number of hydrogen-bond acceptors (Lipinski definition) is 8. The van der Waals surface area contributed by atoms with Crippen LogP contribution in [-0.4, -0.2) is 66.3 Å². The Morgan fingerprint density at radius 2 is 1.67 bits per heavy atom. The van der Waals surface area contributed by atoms with Crippen molar-refractivity contribution in [3.05, 3.63) is 48.0 Å². The molecule has 2 aliphatic rings. The minimum absolute atomic E-state index is 0.0898. The predicted molar refractivity (Wildman–Crippen MR) is 137 cm³/mol. The van der Waals surface area contributed by atoms with E-state index in [0.717, 1.165) is 61.5 Å². The Bertz CT molecular complexity index is 1310. The number of anilines is 1. The first-order chi connectivity index (χ1) is 17.3. The molecule has 0 radical (unpaired) electrons. The number of rotatable bonds is 6. The number of ether oxygens (including phenoxy) is 2. The summed E-state index contributed by atoms with van der Waals surface area (Å²) in [5.41, 5.74) is 2.10. The second-order valence-corrected chi connectivity index (χ2v) is 10.2. The zero-order valence-electron chi connectivity index (χ0n) is 20.9. The lowest BCUT2D eigenvalue weighted by Gasteiger charge is -2.35. The Kier molecular flexibility index (Phi) is 6.40. The van der Waals surface area contributed by atoms with E-state index in [2.05, 4.69) is 16.7 Å². The summed E-state index contributed by atoms with van der Waals surface area (Å²) in [7, 11) is 0. The van der Waals surface area contributed by atoms with Crippen LogP contribution in [0, 0.1) is 5.41 Å². The van der Waals surface area contributed by atoms with Gasteiger partial charge < -0.3 is 24.4 Å². The molecule has 3 aromatic rings. The summed E-state index contributed by atoms with van der Waals surface area (Å²) >= 11 is 0. The number of carbonyl (C=O) groups is 2. The Balaban J connectivity index is 1.66. The summed E-state index contributed by atoms with van der Waals surface area (Å²) in [6.07, 6.45) is 0.718. The second-order valence-electron chi connectivity index (χ2n) is 10.2. The van der Waals surface area contributed by atoms with E-state index in [0.29, 0.717) is 11.1 Å². The molecule has 2 aliphatic heterocycles. The van der Waals surface area contributed by atoms with Crippen molar-refractivity contribution in [1.82, 2.24) is 9.88 Å². The molecule has 0 bridgehead atoms. The third-order valence-electron chi connectivity index (χ3n) is 6.95. The Morgan fingerprint density at radius 3 is 2.33 bits per heavy atom. The van der Waals surface area contributed by atoms with E-state index in [1.54, 1.807) is 12.1 Å². The summed E-state index contributed by atoms with van der Waals surface area (Å²) in [5.74, 6) is -0.820. The van der Waals surface area contributed by atoms with Crippen molar-refractivity contribution < 1.29 is 24.2 Å². The van der Waals surface area contributed by atoms with Gasteiger partial charge in [-0.15, -0.1) is 0 Å². The highest BCUT2D eigenvalue weighted by Gasteiger charge is 2.32. The van der Waals surface area contributed by atoms with Gasteiger partial charge in [0.1, 0.15) is 17.3 Å². The van der Waals surface area contributed by atoms with Crippen LogP contribution in [0.4, 0.5) is 5.82 Å². The number of piperazine rings is 1. The van der Waals surface area contributed by atoms with E-state index in [-0.39, 0.29) is 23.5 Å². The van der Waals surface area contributed by atoms with Gasteiger partial charge in [0, 0.05) is 43.7 Å². The molecular formula is C28H31N3O5. The molecule has 8 heteroatoms. The number of hydrogen-bond donors (Lipinski definition) is 1. The molecule has 0 amide bonds. The summed E-state index contributed by atoms with van der Waals surface area (Å²) in [5, 5.41) is 11.0. The van der Waals surface area contributed by atoms with Crippen molar-refractivity contribution in [2.24, 2.45) is 5.41 Å². The molecule has 0 aliphatic carbocycles. The van der Waals surface area contributed by atoms with Crippen LogP contribution in [0.15, 0.2) is 42.5 Å². The van der Waals surface area contributed by atoms with Crippen molar-refractivity contribution >= 4 is 28.5 Å². The minimum Gasteiger partial charge on any atom is -0.417 e. The van der Waals surface area contributed by atoms with E-state index in [1.165, 1.54) is 0 Å². The monoisotopic (exact) mass is 489 g/mol. The SMILES string of the molecule is CCN1CCN(c2nc(-c3ccc(CC(C)(C)CO)cc3)c3c4c(cccc24)OC(=O)C(=O)O3)CC1. The minimum atomic E-state index is -1.07. The summed E-state index contributed by atoms with van der Waals surface area (Å²) in [4.78, 5) is 34.4. The fourth-order valence-corrected chi connectivity index (χ4v) is 4.85. The van der Waals surface area contributed by atoms with Gasteiger partial charge in [0.25, 0.3) is 0 Å². The molecule has 2 aromatic carbocycles. The van der Waals surface area contributed by atoms with E-state index < -0.39 is 11.9 Å². The lowest BCUT2D eigenvalue weighted by molar-refractivity contribution is -0.155. The van der Waals surface area contributed by atoms with Crippen molar-refractivity contribution in [2.75, 3.05) is 44.2 Å². The average Bonchev–Trinajstić information content (AvgIpc) is 3.01. The highest BCUT2D eigenvalue weighted by molar-refractivity contribution is 6.32. The van der Waals surface area contributed by atoms with Crippen molar-refractivity contribution in [3.8, 4) is 22.8 Å². The maximum atomic E-state index is 12.4. The van der Waals surface area contributed by atoms with Gasteiger partial charge in [-0.25, -0.2) is 14.6 Å². The number of nitrogens with zero attached hydrogens (tertiary/aromatic N) is 3. The van der Waals surface area contributed by atoms with Gasteiger partial charge in [-0.05, 0) is 30.0 Å². The van der Waals surface area contributed by atoms with Crippen molar-refractivity contribution in [2.45, 2.75) is 27.2 Å². The Morgan fingerprint density at radius 1 is 0.972 bits per heavy atom. The molecule has 1 N–H and O–H groups in total. The molecule has 3 heterocycles. The Labute approximate surface area is 210 Å². The van der Waals surface area contributed by atoms with Gasteiger partial charge in [0.15, 0.2) is 5.75 Å². The number of carbonyl (C=O) groups excluding carboxylic acids is 2. The van der Waals surface area contributed by atoms with Gasteiger partial charge in [0.05, 0.1) is 5.39 Å². The van der Waals surface area contributed by atoms with E-state index in [4.69, 9.17) is 14.5 Å². The third kappa shape index (κ3) is 4.54. The fraction of sp³-hybridized carbons (Fsp3) is 0.393. The van der Waals surface area contributed by atoms with E-state index in [1.807, 2.05) is 44.2 Å². The predicted octanol–water partition coefficient (Wildman–Crippen LogP) is 3.43. The molecule has 1 fully saturated rings. The van der Waals surface area contributed by atoms with Gasteiger partial charge in [-0.2, -0.15) is 0 Å². The molecule has 5 rings (SSSR count). The van der Waals surface area contributed by atoms with E-state index >= 15 is 0 Å². The zero-order valence-corrected chi connectivity index (χ0v) is 20.9. The largest absolute Gasteiger partial charge is 0.423 e. The number of aliphatic hydroxyl groups excluding tert-OH is 1. The first kappa shape index (κ1) is 24.2. The number of aliphatic hydroxyl groups is 1. The summed E-state index contributed by atoms with van der Waals surface area (Å²) < 4.78 is 11.0. The highest BCUT2D eigenvalue weighted by atomic mass is 16.6. The number of pyridine rings is 1. The third-order valence-corrected chi connectivity index (χ3v) is 6.95. The Hall–Kier alpha value is -3.49. The van der Waals surface area contributed by atoms with Crippen molar-refractivity contribution in [1.29, 1.82) is 0 Å². The number of esters is 2. The lowest BCUT2D eigenvalue weighted by atomic mass is 9.86. The molecule has 1 aromatic heterocycles. The van der Waals surface area contributed by atoms with Gasteiger partial charge in [-0.3, -0.25) is 0 Å². The number of likely N-dealkylation sites (N-methyl/N-ethyl adjacent to an activating group) is 1. The van der Waals surface area contributed by atoms with Crippen LogP contribution in [0.25, 0.3) is 22.0 Å². The van der Waals surface area contributed by atoms with Crippen molar-refractivity contribution in [3.63, 3.8) is 0 Å². The molecule has 0 unspecified atom stereocenters. The normalized spacial score (nSPS) is 16.6. The molecular weight excluding hydrogens is 458 g/mol. The lowest BCUT2D eigenvalue weighted by Crippen LogP contribution is -2.46. The fourth-order valence-electron chi connectivity index (χ4n) is 4.85. The quantitative estimate of drug-likeness (QED) is 0.320. The highest BCUT2D eigenvalue weighted by Crippen LogP contribution is 2.45. The number of aromatic nitrogens is 1. The van der Waals surface area contributed by atoms with Gasteiger partial charge in [-0.1, -0.05) is 57.2 Å². The molecule has 36 heavy (non-hydrogen) atoms. The first-order valence-corrected chi connectivity index (χ1v) is 12.4. The zero-order chi connectivity index (χ0) is 25.4. The molecule has 8 nitrogen and oxygen atoms in total. The van der Waals surface area contributed by atoms with Crippen LogP contribution in [0.3, 0.4) is 0 Å². The van der Waals surface area contributed by atoms with E-state index in [9.17, 15) is 14.7 Å². The first-order valence-electron chi connectivity index (χ1n) is 12.4. The maximum absolute atomic E-state index is 12.4. The maximum Gasteiger partial charge on any atom is 0.423 e. The molecule has 0 spiro atoms. The molecule has 0 atom stereocenters. The summed E-state index contributed by atoms with van der Waals surface area (Å²) in [6, 6.07) is 13.3. The molecule has 1 saturated heterocycles. The molecule has 0 saturated carbocycles. The van der Waals surface area contributed by atoms with Crippen LogP contribution < -0.4 is 14.4 Å². The van der Waals surface area contributed by atoms with Crippen LogP contribution in [0.2, 0.25) is 0 Å². The van der Waals surface area contributed by atoms with Gasteiger partial charge >= 0.3 is 11.9 Å². The summed E-state index contributed by atoms with van der Waals surface area (Å²) in [6.45, 7) is 10.8. The van der Waals surface area contributed by atoms with Gasteiger partial charge in [0.2, 0.25) is 0 Å². The van der Waals surface area contributed by atoms with Crippen LogP contribution in [0.1, 0.15) is 26.3 Å². The van der Waals surface area contributed by atoms with Crippen LogP contribution in [0.5, 0.6) is 11.5 Å². The average molecular weight is 490 g/mol. The molecule has 188 valence electrons. The smallest absolute Gasteiger partial charge is 0.417 e. The number of benzene rings is 2. The standard InChI is InChI=1S/C28H31N3O5/c1-4-30-12-14-31(15-13-30)25-20-6-5-7-21-22(20)24(36-27(34)26(33)35-21)23(29-25)19-10-8-18(9-11-19)16-28(2,3)17-32/h5-11,32H,4,12-17H2,1-3H3.